The highest BCUT2D eigenvalue weighted by atomic mass is 32.1. The van der Waals surface area contributed by atoms with Crippen molar-refractivity contribution in [1.29, 1.82) is 0 Å². The van der Waals surface area contributed by atoms with Gasteiger partial charge in [0.15, 0.2) is 16.3 Å². The molecule has 0 unspecified atom stereocenters. The molecule has 184 valence electrons. The number of thiazole rings is 1. The van der Waals surface area contributed by atoms with Crippen LogP contribution in [0.25, 0.3) is 6.08 Å². The van der Waals surface area contributed by atoms with Crippen LogP contribution in [0.3, 0.4) is 0 Å². The summed E-state index contributed by atoms with van der Waals surface area (Å²) in [7, 11) is 5.10. The number of methoxy groups -OCH3 is 2. The molecule has 0 bridgehead atoms. The molecule has 0 spiro atoms. The van der Waals surface area contributed by atoms with Crippen LogP contribution in [0.15, 0.2) is 45.3 Å². The Balaban J connectivity index is 1.99. The van der Waals surface area contributed by atoms with Gasteiger partial charge in [-0.1, -0.05) is 17.4 Å². The largest absolute Gasteiger partial charge is 0.493 e. The molecule has 9 heteroatoms. The number of allylic oxidation sites excluding steroid dienone is 1. The molecule has 0 saturated heterocycles. The van der Waals surface area contributed by atoms with Gasteiger partial charge in [-0.25, -0.2) is 9.79 Å². The zero-order valence-corrected chi connectivity index (χ0v) is 21.8. The molecule has 35 heavy (non-hydrogen) atoms. The molecule has 1 aliphatic heterocycles. The van der Waals surface area contributed by atoms with Gasteiger partial charge in [0, 0.05) is 18.4 Å². The lowest BCUT2D eigenvalue weighted by Gasteiger charge is -2.25. The standard InChI is InChI=1S/C26H29N3O5S/c1-8-34-25(31)22-15(3)27-26-29(23(22)17-9-10-19(32-6)20(12-17)33-7)24(30)21(35-26)13-18-11-14(2)28(5)16(18)4/h9-13,23H,8H2,1-7H3/b21-13-/t23-/m1/s1. The molecular formula is C26H29N3O5S. The number of hydrogen-bond acceptors (Lipinski definition) is 7. The molecule has 1 aliphatic rings. The molecule has 0 saturated carbocycles. The van der Waals surface area contributed by atoms with Crippen molar-refractivity contribution in [1.82, 2.24) is 9.13 Å². The minimum atomic E-state index is -0.717. The Morgan fingerprint density at radius 2 is 1.86 bits per heavy atom. The summed E-state index contributed by atoms with van der Waals surface area (Å²) < 4.78 is 20.4. The van der Waals surface area contributed by atoms with E-state index in [-0.39, 0.29) is 12.2 Å². The predicted molar refractivity (Wildman–Crippen MR) is 135 cm³/mol. The molecule has 4 rings (SSSR count). The molecule has 0 amide bonds. The Kier molecular flexibility index (Phi) is 6.71. The molecule has 2 aromatic heterocycles. The number of ether oxygens (including phenoxy) is 3. The van der Waals surface area contributed by atoms with Crippen LogP contribution < -0.4 is 24.4 Å². The van der Waals surface area contributed by atoms with Crippen LogP contribution in [-0.4, -0.2) is 35.9 Å². The van der Waals surface area contributed by atoms with E-state index in [0.717, 1.165) is 17.0 Å². The summed E-state index contributed by atoms with van der Waals surface area (Å²) in [6.45, 7) is 7.77. The summed E-state index contributed by atoms with van der Waals surface area (Å²) in [5.74, 6) is 0.551. The first-order valence-corrected chi connectivity index (χ1v) is 12.1. The van der Waals surface area contributed by atoms with Crippen LogP contribution in [0.2, 0.25) is 0 Å². The van der Waals surface area contributed by atoms with Crippen molar-refractivity contribution in [2.24, 2.45) is 12.0 Å². The summed E-state index contributed by atoms with van der Waals surface area (Å²) in [6.07, 6.45) is 1.89. The Hall–Kier alpha value is -3.59. The number of nitrogens with zero attached hydrogens (tertiary/aromatic N) is 3. The predicted octanol–water partition coefficient (Wildman–Crippen LogP) is 2.77. The lowest BCUT2D eigenvalue weighted by Crippen LogP contribution is -2.40. The minimum Gasteiger partial charge on any atom is -0.493 e. The fraction of sp³-hybridized carbons (Fsp3) is 0.346. The van der Waals surface area contributed by atoms with E-state index in [1.807, 2.05) is 33.0 Å². The molecule has 0 aliphatic carbocycles. The van der Waals surface area contributed by atoms with Crippen LogP contribution in [-0.2, 0) is 16.6 Å². The summed E-state index contributed by atoms with van der Waals surface area (Å²) in [4.78, 5) is 32.0. The van der Waals surface area contributed by atoms with Gasteiger partial charge in [-0.15, -0.1) is 0 Å². The number of carbonyl (C=O) groups excluding carboxylic acids is 1. The van der Waals surface area contributed by atoms with Gasteiger partial charge in [0.1, 0.15) is 0 Å². The van der Waals surface area contributed by atoms with E-state index < -0.39 is 12.0 Å². The van der Waals surface area contributed by atoms with Gasteiger partial charge in [-0.3, -0.25) is 9.36 Å². The highest BCUT2D eigenvalue weighted by Crippen LogP contribution is 2.36. The summed E-state index contributed by atoms with van der Waals surface area (Å²) in [6, 6.07) is 6.70. The topological polar surface area (TPSA) is 84.1 Å². The monoisotopic (exact) mass is 495 g/mol. The molecule has 1 aromatic carbocycles. The van der Waals surface area contributed by atoms with E-state index >= 15 is 0 Å². The molecule has 0 fully saturated rings. The highest BCUT2D eigenvalue weighted by molar-refractivity contribution is 7.07. The summed E-state index contributed by atoms with van der Waals surface area (Å²) in [5, 5.41) is 0. The van der Waals surface area contributed by atoms with Crippen molar-refractivity contribution in [2.75, 3.05) is 20.8 Å². The second-order valence-electron chi connectivity index (χ2n) is 8.30. The van der Waals surface area contributed by atoms with E-state index in [1.165, 1.54) is 11.3 Å². The van der Waals surface area contributed by atoms with Gasteiger partial charge in [0.2, 0.25) is 0 Å². The van der Waals surface area contributed by atoms with Gasteiger partial charge >= 0.3 is 5.97 Å². The average Bonchev–Trinajstić information content (AvgIpc) is 3.27. The maximum absolute atomic E-state index is 13.8. The van der Waals surface area contributed by atoms with Crippen LogP contribution in [0, 0.1) is 13.8 Å². The first kappa shape index (κ1) is 24.5. The van der Waals surface area contributed by atoms with Gasteiger partial charge < -0.3 is 18.8 Å². The number of rotatable bonds is 6. The summed E-state index contributed by atoms with van der Waals surface area (Å²) >= 11 is 1.30. The Morgan fingerprint density at radius 3 is 2.46 bits per heavy atom. The normalized spacial score (nSPS) is 15.6. The van der Waals surface area contributed by atoms with Crippen LogP contribution >= 0.6 is 11.3 Å². The maximum atomic E-state index is 13.8. The van der Waals surface area contributed by atoms with E-state index in [2.05, 4.69) is 15.6 Å². The van der Waals surface area contributed by atoms with Gasteiger partial charge in [-0.05, 0) is 63.1 Å². The Morgan fingerprint density at radius 1 is 1.14 bits per heavy atom. The Labute approximate surface area is 207 Å². The number of aryl methyl sites for hydroxylation is 1. The third-order valence-electron chi connectivity index (χ3n) is 6.34. The fourth-order valence-corrected chi connectivity index (χ4v) is 5.34. The van der Waals surface area contributed by atoms with Gasteiger partial charge in [0.25, 0.3) is 5.56 Å². The molecule has 3 heterocycles. The van der Waals surface area contributed by atoms with Crippen LogP contribution in [0.1, 0.15) is 42.4 Å². The van der Waals surface area contributed by atoms with Gasteiger partial charge in [-0.2, -0.15) is 0 Å². The van der Waals surface area contributed by atoms with Gasteiger partial charge in [0.05, 0.1) is 42.7 Å². The molecule has 3 aromatic rings. The van der Waals surface area contributed by atoms with Crippen molar-refractivity contribution >= 4 is 23.4 Å². The quantitative estimate of drug-likeness (QED) is 0.491. The highest BCUT2D eigenvalue weighted by Gasteiger charge is 2.34. The lowest BCUT2D eigenvalue weighted by atomic mass is 9.95. The van der Waals surface area contributed by atoms with Crippen molar-refractivity contribution in [3.05, 3.63) is 77.7 Å². The number of carbonyl (C=O) groups is 1. The smallest absolute Gasteiger partial charge is 0.338 e. The third kappa shape index (κ3) is 4.20. The summed E-state index contributed by atoms with van der Waals surface area (Å²) in [5.41, 5.74) is 4.45. The zero-order valence-electron chi connectivity index (χ0n) is 21.0. The average molecular weight is 496 g/mol. The molecular weight excluding hydrogens is 466 g/mol. The Bertz CT molecular complexity index is 1520. The van der Waals surface area contributed by atoms with E-state index in [0.29, 0.717) is 37.7 Å². The van der Waals surface area contributed by atoms with Crippen molar-refractivity contribution in [3.63, 3.8) is 0 Å². The van der Waals surface area contributed by atoms with Crippen molar-refractivity contribution < 1.29 is 19.0 Å². The fourth-order valence-electron chi connectivity index (χ4n) is 4.30. The molecule has 0 N–H and O–H groups in total. The first-order chi connectivity index (χ1) is 16.7. The number of fused-ring (bicyclic) bond motifs is 1. The number of hydrogen-bond donors (Lipinski definition) is 0. The SMILES string of the molecule is CCOC(=O)C1=C(C)N=c2s/c(=C\c3cc(C)n(C)c3C)c(=O)n2[C@@H]1c1ccc(OC)c(OC)c1. The number of aromatic nitrogens is 2. The molecule has 8 nitrogen and oxygen atoms in total. The van der Waals surface area contributed by atoms with Crippen molar-refractivity contribution in [3.8, 4) is 11.5 Å². The minimum absolute atomic E-state index is 0.214. The lowest BCUT2D eigenvalue weighted by molar-refractivity contribution is -0.139. The second-order valence-corrected chi connectivity index (χ2v) is 9.31. The number of esters is 1. The van der Waals surface area contributed by atoms with E-state index in [1.54, 1.807) is 44.8 Å². The molecule has 0 radical (unpaired) electrons. The second kappa shape index (κ2) is 9.58. The first-order valence-electron chi connectivity index (χ1n) is 11.3. The molecule has 1 atom stereocenters. The van der Waals surface area contributed by atoms with Crippen LogP contribution in [0.5, 0.6) is 11.5 Å². The zero-order chi connectivity index (χ0) is 25.4. The van der Waals surface area contributed by atoms with Crippen molar-refractivity contribution in [2.45, 2.75) is 33.7 Å². The van der Waals surface area contributed by atoms with Crippen LogP contribution in [0.4, 0.5) is 0 Å². The maximum Gasteiger partial charge on any atom is 0.338 e. The van der Waals surface area contributed by atoms with E-state index in [4.69, 9.17) is 14.2 Å². The number of benzene rings is 1. The van der Waals surface area contributed by atoms with E-state index in [9.17, 15) is 9.59 Å². The third-order valence-corrected chi connectivity index (χ3v) is 7.32.